The number of rotatable bonds is 6. The summed E-state index contributed by atoms with van der Waals surface area (Å²) in [6.07, 6.45) is 1.61. The zero-order valence-electron chi connectivity index (χ0n) is 13.4. The van der Waals surface area contributed by atoms with E-state index in [1.54, 1.807) is 22.3 Å². The number of aryl methyl sites for hydroxylation is 1. The van der Waals surface area contributed by atoms with Gasteiger partial charge >= 0.3 is 0 Å². The molecule has 4 rings (SSSR count). The molecule has 0 bridgehead atoms. The maximum absolute atomic E-state index is 12.7. The highest BCUT2D eigenvalue weighted by Crippen LogP contribution is 2.31. The van der Waals surface area contributed by atoms with E-state index in [4.69, 9.17) is 4.42 Å². The Bertz CT molecular complexity index is 1020. The lowest BCUT2D eigenvalue weighted by molar-refractivity contribution is 0.102. The Balaban J connectivity index is 1.49. The van der Waals surface area contributed by atoms with E-state index in [0.29, 0.717) is 17.5 Å². The fourth-order valence-electron chi connectivity index (χ4n) is 2.59. The van der Waals surface area contributed by atoms with Crippen LogP contribution < -0.4 is 0 Å². The van der Waals surface area contributed by atoms with Crippen molar-refractivity contribution in [3.8, 4) is 0 Å². The van der Waals surface area contributed by atoms with Gasteiger partial charge in [-0.05, 0) is 46.5 Å². The Morgan fingerprint density at radius 3 is 2.96 bits per heavy atom. The van der Waals surface area contributed by atoms with E-state index in [0.717, 1.165) is 26.3 Å². The first kappa shape index (κ1) is 16.0. The maximum Gasteiger partial charge on any atom is 0.210 e. The number of furan rings is 1. The molecule has 126 valence electrons. The van der Waals surface area contributed by atoms with Gasteiger partial charge in [0.05, 0.1) is 16.9 Å². The third-order valence-corrected chi connectivity index (χ3v) is 6.09. The molecule has 8 heteroatoms. The van der Waals surface area contributed by atoms with E-state index in [2.05, 4.69) is 21.6 Å². The van der Waals surface area contributed by atoms with Gasteiger partial charge in [0.15, 0.2) is 5.78 Å². The number of hydrogen-bond acceptors (Lipinski definition) is 7. The average Bonchev–Trinajstić information content (AvgIpc) is 3.35. The summed E-state index contributed by atoms with van der Waals surface area (Å²) in [6, 6.07) is 11.8. The number of ketones is 1. The molecule has 0 aliphatic carbocycles. The van der Waals surface area contributed by atoms with Gasteiger partial charge in [-0.1, -0.05) is 30.0 Å². The highest BCUT2D eigenvalue weighted by atomic mass is 32.2. The molecule has 0 saturated heterocycles. The molecular formula is C17H14N4O2S2. The van der Waals surface area contributed by atoms with Crippen LogP contribution in [0.15, 0.2) is 52.2 Å². The molecule has 3 heterocycles. The van der Waals surface area contributed by atoms with E-state index in [9.17, 15) is 4.79 Å². The molecule has 0 unspecified atom stereocenters. The third-order valence-electron chi connectivity index (χ3n) is 3.81. The van der Waals surface area contributed by atoms with Crippen LogP contribution in [0.4, 0.5) is 0 Å². The van der Waals surface area contributed by atoms with Crippen molar-refractivity contribution in [3.05, 3.63) is 58.9 Å². The van der Waals surface area contributed by atoms with E-state index >= 15 is 0 Å². The van der Waals surface area contributed by atoms with Crippen molar-refractivity contribution in [1.82, 2.24) is 20.2 Å². The van der Waals surface area contributed by atoms with Crippen LogP contribution in [0.2, 0.25) is 0 Å². The second kappa shape index (κ2) is 6.81. The molecule has 0 N–H and O–H groups in total. The van der Waals surface area contributed by atoms with Crippen molar-refractivity contribution >= 4 is 39.0 Å². The zero-order chi connectivity index (χ0) is 17.2. The van der Waals surface area contributed by atoms with Crippen LogP contribution in [-0.2, 0) is 6.54 Å². The second-order valence-electron chi connectivity index (χ2n) is 5.46. The predicted octanol–water partition coefficient (Wildman–Crippen LogP) is 3.81. The van der Waals surface area contributed by atoms with Crippen molar-refractivity contribution in [2.24, 2.45) is 0 Å². The highest BCUT2D eigenvalue weighted by Gasteiger charge is 2.17. The predicted molar refractivity (Wildman–Crippen MR) is 97.2 cm³/mol. The van der Waals surface area contributed by atoms with E-state index in [1.807, 2.05) is 37.3 Å². The standard InChI is InChI=1S/C17H14N4O2S2/c1-11-13-6-2-3-7-15(13)25-16(11)14(22)10-24-17-18-19-20-21(17)9-12-5-4-8-23-12/h2-8H,9-10H2,1H3. The Morgan fingerprint density at radius 1 is 1.28 bits per heavy atom. The summed E-state index contributed by atoms with van der Waals surface area (Å²) in [7, 11) is 0. The van der Waals surface area contributed by atoms with Crippen LogP contribution in [0, 0.1) is 6.92 Å². The summed E-state index contributed by atoms with van der Waals surface area (Å²) in [5, 5.41) is 13.4. The first-order valence-electron chi connectivity index (χ1n) is 7.65. The molecule has 0 spiro atoms. The monoisotopic (exact) mass is 370 g/mol. The quantitative estimate of drug-likeness (QED) is 0.379. The number of fused-ring (bicyclic) bond motifs is 1. The van der Waals surface area contributed by atoms with Crippen LogP contribution in [-0.4, -0.2) is 31.7 Å². The summed E-state index contributed by atoms with van der Waals surface area (Å²) >= 11 is 2.88. The number of thiophene rings is 1. The number of thioether (sulfide) groups is 1. The SMILES string of the molecule is Cc1c(C(=O)CSc2nnnn2Cc2ccco2)sc2ccccc12. The van der Waals surface area contributed by atoms with Gasteiger partial charge < -0.3 is 4.42 Å². The Hall–Kier alpha value is -2.45. The van der Waals surface area contributed by atoms with Gasteiger partial charge in [-0.25, -0.2) is 4.68 Å². The van der Waals surface area contributed by atoms with Crippen LogP contribution in [0.25, 0.3) is 10.1 Å². The van der Waals surface area contributed by atoms with Gasteiger partial charge in [0.1, 0.15) is 12.3 Å². The molecule has 0 fully saturated rings. The van der Waals surface area contributed by atoms with E-state index in [-0.39, 0.29) is 5.78 Å². The van der Waals surface area contributed by atoms with Gasteiger partial charge in [-0.3, -0.25) is 4.79 Å². The number of carbonyl (C=O) groups excluding carboxylic acids is 1. The van der Waals surface area contributed by atoms with Crippen LogP contribution in [0.3, 0.4) is 0 Å². The van der Waals surface area contributed by atoms with E-state index < -0.39 is 0 Å². The minimum absolute atomic E-state index is 0.0937. The first-order chi connectivity index (χ1) is 12.2. The number of hydrogen-bond donors (Lipinski definition) is 0. The Morgan fingerprint density at radius 2 is 2.16 bits per heavy atom. The molecule has 25 heavy (non-hydrogen) atoms. The van der Waals surface area contributed by atoms with Crippen molar-refractivity contribution in [3.63, 3.8) is 0 Å². The van der Waals surface area contributed by atoms with Crippen molar-refractivity contribution in [2.75, 3.05) is 5.75 Å². The number of carbonyl (C=O) groups is 1. The number of nitrogens with zero attached hydrogens (tertiary/aromatic N) is 4. The Labute approximate surface area is 151 Å². The molecule has 3 aromatic heterocycles. The number of aromatic nitrogens is 4. The highest BCUT2D eigenvalue weighted by molar-refractivity contribution is 7.99. The van der Waals surface area contributed by atoms with Crippen molar-refractivity contribution in [1.29, 1.82) is 0 Å². The summed E-state index contributed by atoms with van der Waals surface area (Å²) in [5.41, 5.74) is 1.04. The van der Waals surface area contributed by atoms with Gasteiger partial charge in [0.25, 0.3) is 0 Å². The molecule has 0 atom stereocenters. The van der Waals surface area contributed by atoms with Crippen LogP contribution in [0.1, 0.15) is 21.0 Å². The lowest BCUT2D eigenvalue weighted by atomic mass is 10.1. The minimum Gasteiger partial charge on any atom is -0.467 e. The molecule has 0 aliphatic heterocycles. The van der Waals surface area contributed by atoms with Crippen LogP contribution in [0.5, 0.6) is 0 Å². The first-order valence-corrected chi connectivity index (χ1v) is 9.45. The van der Waals surface area contributed by atoms with Gasteiger partial charge in [-0.2, -0.15) is 0 Å². The molecule has 4 aromatic rings. The molecular weight excluding hydrogens is 356 g/mol. The molecule has 0 aliphatic rings. The summed E-state index contributed by atoms with van der Waals surface area (Å²) in [4.78, 5) is 13.5. The number of Topliss-reactive ketones (excluding diaryl/α,β-unsaturated/α-hetero) is 1. The largest absolute Gasteiger partial charge is 0.467 e. The summed E-state index contributed by atoms with van der Waals surface area (Å²) in [6.45, 7) is 2.44. The van der Waals surface area contributed by atoms with Gasteiger partial charge in [0, 0.05) is 4.70 Å². The molecule has 0 radical (unpaired) electrons. The minimum atomic E-state index is 0.0937. The maximum atomic E-state index is 12.7. The van der Waals surface area contributed by atoms with E-state index in [1.165, 1.54) is 11.8 Å². The normalized spacial score (nSPS) is 11.2. The fraction of sp³-hybridized carbons (Fsp3) is 0.176. The topological polar surface area (TPSA) is 73.8 Å². The second-order valence-corrected chi connectivity index (χ2v) is 7.46. The average molecular weight is 370 g/mol. The van der Waals surface area contributed by atoms with Crippen molar-refractivity contribution in [2.45, 2.75) is 18.6 Å². The van der Waals surface area contributed by atoms with Gasteiger partial charge in [0.2, 0.25) is 5.16 Å². The lowest BCUT2D eigenvalue weighted by Crippen LogP contribution is -2.06. The Kier molecular flexibility index (Phi) is 4.37. The molecule has 0 amide bonds. The third kappa shape index (κ3) is 3.22. The van der Waals surface area contributed by atoms with Crippen molar-refractivity contribution < 1.29 is 9.21 Å². The molecule has 1 aromatic carbocycles. The zero-order valence-corrected chi connectivity index (χ0v) is 15.0. The smallest absolute Gasteiger partial charge is 0.210 e. The summed E-state index contributed by atoms with van der Waals surface area (Å²) < 4.78 is 8.08. The van der Waals surface area contributed by atoms with Gasteiger partial charge in [-0.15, -0.1) is 16.4 Å². The summed E-state index contributed by atoms with van der Waals surface area (Å²) in [5.74, 6) is 1.16. The fourth-order valence-corrected chi connectivity index (χ4v) is 4.57. The number of tetrazole rings is 1. The molecule has 6 nitrogen and oxygen atoms in total. The number of benzene rings is 1. The lowest BCUT2D eigenvalue weighted by Gasteiger charge is -2.02. The molecule has 0 saturated carbocycles. The van der Waals surface area contributed by atoms with Crippen LogP contribution >= 0.6 is 23.1 Å².